The van der Waals surface area contributed by atoms with Crippen molar-refractivity contribution in [1.29, 1.82) is 0 Å². The second-order valence-electron chi connectivity index (χ2n) is 8.89. The second kappa shape index (κ2) is 11.6. The number of rotatable bonds is 6. The van der Waals surface area contributed by atoms with Crippen LogP contribution >= 0.6 is 45.2 Å². The summed E-state index contributed by atoms with van der Waals surface area (Å²) in [5.74, 6) is -1.04. The molecule has 0 aliphatic carbocycles. The topological polar surface area (TPSA) is 66.8 Å². The molecular weight excluding hydrogens is 725 g/mol. The first-order valence-corrected chi connectivity index (χ1v) is 13.7. The van der Waals surface area contributed by atoms with E-state index in [1.807, 2.05) is 37.3 Å². The molecule has 1 amide bonds. The molecule has 0 spiro atoms. The van der Waals surface area contributed by atoms with Gasteiger partial charge >= 0.3 is 12.1 Å². The van der Waals surface area contributed by atoms with Gasteiger partial charge in [0, 0.05) is 19.0 Å². The van der Waals surface area contributed by atoms with Crippen LogP contribution in [0.5, 0.6) is 5.75 Å². The Morgan fingerprint density at radius 2 is 1.84 bits per heavy atom. The summed E-state index contributed by atoms with van der Waals surface area (Å²) in [4.78, 5) is 26.5. The third-order valence-electron chi connectivity index (χ3n) is 6.19. The monoisotopic (exact) mass is 747 g/mol. The number of alkyl halides is 3. The zero-order valence-electron chi connectivity index (χ0n) is 20.1. The molecular formula is C28H22F3I2NO4. The molecule has 4 rings (SSSR count). The molecule has 0 unspecified atom stereocenters. The molecule has 1 heterocycles. The Kier molecular flexibility index (Phi) is 8.70. The highest BCUT2D eigenvalue weighted by Crippen LogP contribution is 2.38. The summed E-state index contributed by atoms with van der Waals surface area (Å²) in [7, 11) is 0. The first-order chi connectivity index (χ1) is 17.9. The molecule has 1 atom stereocenters. The van der Waals surface area contributed by atoms with Crippen molar-refractivity contribution in [3.8, 4) is 5.75 Å². The smallest absolute Gasteiger partial charge is 0.416 e. The van der Waals surface area contributed by atoms with Crippen LogP contribution in [0.15, 0.2) is 60.7 Å². The molecule has 198 valence electrons. The molecule has 10 heteroatoms. The van der Waals surface area contributed by atoms with E-state index < -0.39 is 29.7 Å². The van der Waals surface area contributed by atoms with Gasteiger partial charge in [-0.15, -0.1) is 0 Å². The van der Waals surface area contributed by atoms with Crippen molar-refractivity contribution in [2.45, 2.75) is 38.7 Å². The first kappa shape index (κ1) is 28.4. The fourth-order valence-corrected chi connectivity index (χ4v) is 6.44. The van der Waals surface area contributed by atoms with Crippen molar-refractivity contribution in [3.63, 3.8) is 0 Å². The van der Waals surface area contributed by atoms with Crippen molar-refractivity contribution >= 4 is 63.1 Å². The highest BCUT2D eigenvalue weighted by Gasteiger charge is 2.36. The molecule has 1 aliphatic heterocycles. The Balaban J connectivity index is 1.59. The minimum Gasteiger partial charge on any atom is -0.487 e. The maximum Gasteiger partial charge on any atom is 0.416 e. The third-order valence-corrected chi connectivity index (χ3v) is 8.13. The van der Waals surface area contributed by atoms with Crippen molar-refractivity contribution in [3.05, 3.63) is 101 Å². The lowest BCUT2D eigenvalue weighted by molar-refractivity contribution is -0.149. The van der Waals surface area contributed by atoms with Gasteiger partial charge in [-0.05, 0) is 98.6 Å². The van der Waals surface area contributed by atoms with Crippen molar-refractivity contribution < 1.29 is 32.6 Å². The average Bonchev–Trinajstić information content (AvgIpc) is 2.87. The van der Waals surface area contributed by atoms with Gasteiger partial charge in [-0.25, -0.2) is 4.79 Å². The van der Waals surface area contributed by atoms with Crippen LogP contribution in [0, 0.1) is 14.1 Å². The van der Waals surface area contributed by atoms with E-state index in [0.717, 1.165) is 34.4 Å². The maximum absolute atomic E-state index is 13.1. The zero-order chi connectivity index (χ0) is 27.6. The molecule has 0 fully saturated rings. The number of amides is 1. The zero-order valence-corrected chi connectivity index (χ0v) is 24.4. The van der Waals surface area contributed by atoms with E-state index in [2.05, 4.69) is 45.2 Å². The predicted octanol–water partition coefficient (Wildman–Crippen LogP) is 6.85. The fraction of sp³-hybridized carbons (Fsp3) is 0.214. The first-order valence-electron chi connectivity index (χ1n) is 11.5. The number of carboxylic acids is 1. The Bertz CT molecular complexity index is 1400. The van der Waals surface area contributed by atoms with E-state index in [-0.39, 0.29) is 19.6 Å². The quantitative estimate of drug-likeness (QED) is 0.222. The van der Waals surface area contributed by atoms with Gasteiger partial charge in [-0.3, -0.25) is 4.79 Å². The minimum atomic E-state index is -4.45. The van der Waals surface area contributed by atoms with Crippen molar-refractivity contribution in [1.82, 2.24) is 4.90 Å². The highest BCUT2D eigenvalue weighted by molar-refractivity contribution is 14.1. The summed E-state index contributed by atoms with van der Waals surface area (Å²) in [5, 5.41) is 9.86. The summed E-state index contributed by atoms with van der Waals surface area (Å²) >= 11 is 4.16. The fourth-order valence-electron chi connectivity index (χ4n) is 4.16. The number of halogens is 5. The number of aliphatic carboxylic acids is 1. The van der Waals surface area contributed by atoms with E-state index in [1.54, 1.807) is 12.1 Å². The number of hydrogen-bond acceptors (Lipinski definition) is 3. The number of ether oxygens (including phenoxy) is 1. The summed E-state index contributed by atoms with van der Waals surface area (Å²) < 4.78 is 46.6. The van der Waals surface area contributed by atoms with Gasteiger partial charge in [0.25, 0.3) is 0 Å². The highest BCUT2D eigenvalue weighted by atomic mass is 127. The van der Waals surface area contributed by atoms with Gasteiger partial charge in [-0.2, -0.15) is 13.2 Å². The van der Waals surface area contributed by atoms with Crippen LogP contribution in [-0.4, -0.2) is 27.9 Å². The Labute approximate surface area is 245 Å². The van der Waals surface area contributed by atoms with E-state index in [4.69, 9.17) is 4.74 Å². The summed E-state index contributed by atoms with van der Waals surface area (Å²) in [6, 6.07) is 13.3. The van der Waals surface area contributed by atoms with Crippen LogP contribution in [0.2, 0.25) is 0 Å². The lowest BCUT2D eigenvalue weighted by Crippen LogP contribution is -2.48. The van der Waals surface area contributed by atoms with Gasteiger partial charge in [0.2, 0.25) is 5.91 Å². The lowest BCUT2D eigenvalue weighted by Gasteiger charge is -2.35. The molecule has 0 saturated carbocycles. The maximum atomic E-state index is 13.1. The van der Waals surface area contributed by atoms with E-state index in [1.165, 1.54) is 17.0 Å². The molecule has 0 bridgehead atoms. The Morgan fingerprint density at radius 1 is 1.13 bits per heavy atom. The molecule has 38 heavy (non-hydrogen) atoms. The van der Waals surface area contributed by atoms with Gasteiger partial charge < -0.3 is 14.7 Å². The Hall–Kier alpha value is -2.61. The molecule has 3 aromatic rings. The van der Waals surface area contributed by atoms with Gasteiger partial charge in [0.1, 0.15) is 18.4 Å². The summed E-state index contributed by atoms with van der Waals surface area (Å²) in [5.41, 5.74) is 3.09. The molecule has 0 aromatic heterocycles. The molecule has 5 nitrogen and oxygen atoms in total. The minimum absolute atomic E-state index is 0.0679. The standard InChI is InChI=1S/C28H22F3I2NO4/c1-16-5-7-17(8-6-16)9-10-24(35)34-14-21-19(13-23(34)27(36)37)12-22(32)26(25(21)33)38-15-18-3-2-4-20(11-18)28(29,30)31/h2-12,23H,13-15H2,1H3,(H,36,37)/b10-9+/t23-/m0/s1. The van der Waals surface area contributed by atoms with E-state index >= 15 is 0 Å². The van der Waals surface area contributed by atoms with Gasteiger partial charge in [0.15, 0.2) is 0 Å². The normalized spacial score (nSPS) is 15.4. The number of hydrogen-bond donors (Lipinski definition) is 1. The van der Waals surface area contributed by atoms with Crippen LogP contribution in [0.25, 0.3) is 6.08 Å². The summed E-state index contributed by atoms with van der Waals surface area (Å²) in [6.45, 7) is 1.95. The van der Waals surface area contributed by atoms with Crippen LogP contribution in [-0.2, 0) is 35.3 Å². The third kappa shape index (κ3) is 6.50. The van der Waals surface area contributed by atoms with Crippen molar-refractivity contribution in [2.75, 3.05) is 0 Å². The predicted molar refractivity (Wildman–Crippen MR) is 154 cm³/mol. The van der Waals surface area contributed by atoms with Crippen LogP contribution in [0.1, 0.15) is 33.4 Å². The van der Waals surface area contributed by atoms with Crippen molar-refractivity contribution in [2.24, 2.45) is 0 Å². The van der Waals surface area contributed by atoms with Crippen LogP contribution in [0.3, 0.4) is 0 Å². The number of carboxylic acid groups (broad SMARTS) is 1. The SMILES string of the molecule is Cc1ccc(/C=C/C(=O)N2Cc3c(cc(I)c(OCc4cccc(C(F)(F)F)c4)c3I)C[C@H]2C(=O)O)cc1. The molecule has 3 aromatic carbocycles. The van der Waals surface area contributed by atoms with Gasteiger partial charge in [0.05, 0.1) is 12.7 Å². The van der Waals surface area contributed by atoms with Crippen LogP contribution < -0.4 is 4.74 Å². The second-order valence-corrected chi connectivity index (χ2v) is 11.1. The number of carbonyl (C=O) groups excluding carboxylic acids is 1. The number of fused-ring (bicyclic) bond motifs is 1. The van der Waals surface area contributed by atoms with Gasteiger partial charge in [-0.1, -0.05) is 42.0 Å². The number of nitrogens with zero attached hydrogens (tertiary/aromatic N) is 1. The Morgan fingerprint density at radius 3 is 2.50 bits per heavy atom. The lowest BCUT2D eigenvalue weighted by atomic mass is 9.93. The van der Waals surface area contributed by atoms with E-state index in [0.29, 0.717) is 18.5 Å². The number of benzene rings is 3. The number of carbonyl (C=O) groups is 2. The molecule has 0 radical (unpaired) electrons. The molecule has 0 saturated heterocycles. The summed E-state index contributed by atoms with van der Waals surface area (Å²) in [6.07, 6.45) is -1.29. The molecule has 1 N–H and O–H groups in total. The van der Waals surface area contributed by atoms with E-state index in [9.17, 15) is 27.9 Å². The molecule has 1 aliphatic rings. The average molecular weight is 747 g/mol. The van der Waals surface area contributed by atoms with Crippen LogP contribution in [0.4, 0.5) is 13.2 Å². The largest absolute Gasteiger partial charge is 0.487 e. The number of aryl methyl sites for hydroxylation is 1.